The van der Waals surface area contributed by atoms with Crippen molar-refractivity contribution in [3.05, 3.63) is 48.0 Å². The lowest BCUT2D eigenvalue weighted by Crippen LogP contribution is -2.67. The highest BCUT2D eigenvalue weighted by atomic mass is 16.4. The quantitative estimate of drug-likeness (QED) is 0.118. The summed E-state index contributed by atoms with van der Waals surface area (Å²) < 4.78 is 0. The molecule has 7 N–H and O–H groups in total. The first-order valence-electron chi connectivity index (χ1n) is 18.2. The van der Waals surface area contributed by atoms with Crippen LogP contribution in [-0.2, 0) is 30.4 Å². The third-order valence-electron chi connectivity index (χ3n) is 11.3. The standard InChI is InChI=1S/C40H58N4O9/c1-23-14-17-26(18-15-23)31(45)41-28(21-24-16-19-25-12-10-11-13-27(25)20-24)32(46)44-40(8,9)39(6,7)30(34(49)50)43-36(53)42-29(33(47)48)37(2,3)22-38(4,5)35(51)52/h10-13,16,19-20,23,26,28-30H,14-15,17-18,21-22H2,1-9H3,(H,41,45)(H,44,46)(H,47,48)(H,49,50)(H,51,52)(H2,42,43,53). The number of fused-ring (bicyclic) bond motifs is 1. The Bertz CT molecular complexity index is 1690. The van der Waals surface area contributed by atoms with Crippen LogP contribution in [0.15, 0.2) is 42.5 Å². The number of carboxylic acid groups (broad SMARTS) is 3. The van der Waals surface area contributed by atoms with E-state index in [2.05, 4.69) is 28.2 Å². The van der Waals surface area contributed by atoms with Crippen LogP contribution in [0.25, 0.3) is 10.8 Å². The van der Waals surface area contributed by atoms with Gasteiger partial charge < -0.3 is 36.6 Å². The van der Waals surface area contributed by atoms with Gasteiger partial charge in [0.25, 0.3) is 0 Å². The predicted molar refractivity (Wildman–Crippen MR) is 201 cm³/mol. The van der Waals surface area contributed by atoms with Crippen LogP contribution in [0.3, 0.4) is 0 Å². The van der Waals surface area contributed by atoms with Crippen LogP contribution < -0.4 is 21.3 Å². The SMILES string of the molecule is CC1CCC(C(=O)NC(Cc2ccc3ccccc3c2)C(=O)NC(C)(C)C(C)(C)C(NC(=O)NC(C(=O)O)C(C)(C)CC(C)(C)C(=O)O)C(=O)O)CC1. The monoisotopic (exact) mass is 738 g/mol. The summed E-state index contributed by atoms with van der Waals surface area (Å²) in [5.41, 5.74) is -4.47. The molecule has 0 heterocycles. The largest absolute Gasteiger partial charge is 0.481 e. The third-order valence-corrected chi connectivity index (χ3v) is 11.3. The van der Waals surface area contributed by atoms with E-state index in [1.54, 1.807) is 27.7 Å². The van der Waals surface area contributed by atoms with Gasteiger partial charge in [0, 0.05) is 23.3 Å². The van der Waals surface area contributed by atoms with Crippen molar-refractivity contribution in [2.75, 3.05) is 0 Å². The number of rotatable bonds is 16. The molecule has 53 heavy (non-hydrogen) atoms. The fraction of sp³-hybridized carbons (Fsp3) is 0.600. The number of nitrogens with one attached hydrogen (secondary N) is 4. The minimum absolute atomic E-state index is 0.115. The molecule has 3 rings (SSSR count). The van der Waals surface area contributed by atoms with Crippen LogP contribution in [-0.4, -0.2) is 74.7 Å². The molecule has 0 aliphatic heterocycles. The molecule has 0 saturated heterocycles. The van der Waals surface area contributed by atoms with Gasteiger partial charge in [0.1, 0.15) is 18.1 Å². The molecule has 4 amide bonds. The number of amides is 4. The maximum Gasteiger partial charge on any atom is 0.326 e. The minimum Gasteiger partial charge on any atom is -0.481 e. The van der Waals surface area contributed by atoms with Gasteiger partial charge in [-0.25, -0.2) is 14.4 Å². The Morgan fingerprint density at radius 3 is 1.83 bits per heavy atom. The zero-order valence-electron chi connectivity index (χ0n) is 32.5. The molecule has 292 valence electrons. The normalized spacial score (nSPS) is 18.6. The van der Waals surface area contributed by atoms with Gasteiger partial charge in [0.2, 0.25) is 11.8 Å². The zero-order chi connectivity index (χ0) is 40.1. The molecular formula is C40H58N4O9. The summed E-state index contributed by atoms with van der Waals surface area (Å²) in [7, 11) is 0. The summed E-state index contributed by atoms with van der Waals surface area (Å²) in [5.74, 6) is -4.43. The van der Waals surface area contributed by atoms with Crippen LogP contribution in [0.4, 0.5) is 4.79 Å². The molecule has 0 bridgehead atoms. The molecule has 1 fully saturated rings. The number of aliphatic carboxylic acids is 3. The van der Waals surface area contributed by atoms with E-state index in [9.17, 15) is 44.1 Å². The third kappa shape index (κ3) is 10.7. The van der Waals surface area contributed by atoms with Crippen LogP contribution in [0.1, 0.15) is 100.0 Å². The van der Waals surface area contributed by atoms with Crippen molar-refractivity contribution in [1.29, 1.82) is 0 Å². The van der Waals surface area contributed by atoms with Gasteiger partial charge >= 0.3 is 23.9 Å². The topological polar surface area (TPSA) is 211 Å². The molecule has 2 aromatic carbocycles. The minimum atomic E-state index is -1.64. The number of carbonyl (C=O) groups is 6. The zero-order valence-corrected chi connectivity index (χ0v) is 32.5. The van der Waals surface area contributed by atoms with E-state index < -0.39 is 69.8 Å². The lowest BCUT2D eigenvalue weighted by molar-refractivity contribution is -0.151. The first-order valence-corrected chi connectivity index (χ1v) is 18.2. The van der Waals surface area contributed by atoms with Crippen molar-refractivity contribution in [3.63, 3.8) is 0 Å². The van der Waals surface area contributed by atoms with Crippen molar-refractivity contribution in [2.45, 2.75) is 125 Å². The molecule has 0 radical (unpaired) electrons. The number of carboxylic acids is 3. The smallest absolute Gasteiger partial charge is 0.326 e. The van der Waals surface area contributed by atoms with Gasteiger partial charge in [0.05, 0.1) is 5.41 Å². The Hall–Kier alpha value is -4.68. The van der Waals surface area contributed by atoms with E-state index in [4.69, 9.17) is 0 Å². The first-order chi connectivity index (χ1) is 24.4. The van der Waals surface area contributed by atoms with Crippen molar-refractivity contribution in [2.24, 2.45) is 28.1 Å². The molecule has 1 aliphatic carbocycles. The van der Waals surface area contributed by atoms with Crippen LogP contribution in [0, 0.1) is 28.1 Å². The van der Waals surface area contributed by atoms with E-state index in [1.807, 2.05) is 42.5 Å². The van der Waals surface area contributed by atoms with Gasteiger partial charge in [-0.3, -0.25) is 14.4 Å². The first kappa shape index (κ1) is 42.7. The Labute approximate surface area is 312 Å². The second-order valence-electron chi connectivity index (χ2n) is 17.3. The predicted octanol–water partition coefficient (Wildman–Crippen LogP) is 5.35. The Morgan fingerprint density at radius 2 is 1.28 bits per heavy atom. The van der Waals surface area contributed by atoms with E-state index in [-0.39, 0.29) is 24.7 Å². The molecule has 0 spiro atoms. The summed E-state index contributed by atoms with van der Waals surface area (Å²) in [6, 6.07) is 8.34. The van der Waals surface area contributed by atoms with E-state index in [0.29, 0.717) is 5.92 Å². The second kappa shape index (κ2) is 16.6. The lowest BCUT2D eigenvalue weighted by Gasteiger charge is -2.46. The number of hydrogen-bond donors (Lipinski definition) is 7. The van der Waals surface area contributed by atoms with Crippen LogP contribution in [0.5, 0.6) is 0 Å². The number of carbonyl (C=O) groups excluding carboxylic acids is 3. The highest BCUT2D eigenvalue weighted by Gasteiger charge is 2.50. The molecular weight excluding hydrogens is 680 g/mol. The fourth-order valence-electron chi connectivity index (χ4n) is 7.30. The molecule has 1 saturated carbocycles. The molecule has 13 heteroatoms. The summed E-state index contributed by atoms with van der Waals surface area (Å²) >= 11 is 0. The van der Waals surface area contributed by atoms with Crippen molar-refractivity contribution in [3.8, 4) is 0 Å². The Kier molecular flexibility index (Phi) is 13.3. The summed E-state index contributed by atoms with van der Waals surface area (Å²) in [6.07, 6.45) is 3.35. The van der Waals surface area contributed by atoms with Crippen molar-refractivity contribution >= 4 is 46.5 Å². The van der Waals surface area contributed by atoms with E-state index >= 15 is 0 Å². The van der Waals surface area contributed by atoms with Crippen LogP contribution in [0.2, 0.25) is 0 Å². The average Bonchev–Trinajstić information content (AvgIpc) is 3.04. The van der Waals surface area contributed by atoms with Gasteiger partial charge in [-0.15, -0.1) is 0 Å². The van der Waals surface area contributed by atoms with E-state index in [0.717, 1.165) is 42.0 Å². The molecule has 2 aromatic rings. The van der Waals surface area contributed by atoms with Crippen LogP contribution >= 0.6 is 0 Å². The van der Waals surface area contributed by atoms with Crippen molar-refractivity contribution in [1.82, 2.24) is 21.3 Å². The highest BCUT2D eigenvalue weighted by Crippen LogP contribution is 2.38. The summed E-state index contributed by atoms with van der Waals surface area (Å²) in [4.78, 5) is 77.8. The Balaban J connectivity index is 1.85. The molecule has 13 nitrogen and oxygen atoms in total. The molecule has 1 aliphatic rings. The average molecular weight is 739 g/mol. The molecule has 3 atom stereocenters. The maximum atomic E-state index is 14.2. The Morgan fingerprint density at radius 1 is 0.736 bits per heavy atom. The second-order valence-corrected chi connectivity index (χ2v) is 17.3. The van der Waals surface area contributed by atoms with Gasteiger partial charge in [0.15, 0.2) is 0 Å². The van der Waals surface area contributed by atoms with Gasteiger partial charge in [-0.2, -0.15) is 0 Å². The molecule has 0 aromatic heterocycles. The van der Waals surface area contributed by atoms with Gasteiger partial charge in [-0.1, -0.05) is 77.1 Å². The van der Waals surface area contributed by atoms with Crippen molar-refractivity contribution < 1.29 is 44.1 Å². The lowest BCUT2D eigenvalue weighted by atomic mass is 9.69. The fourth-order valence-corrected chi connectivity index (χ4v) is 7.30. The number of urea groups is 1. The maximum absolute atomic E-state index is 14.2. The number of hydrogen-bond acceptors (Lipinski definition) is 6. The molecule has 3 unspecified atom stereocenters. The summed E-state index contributed by atoms with van der Waals surface area (Å²) in [5, 5.41) is 42.7. The highest BCUT2D eigenvalue weighted by molar-refractivity contribution is 5.90. The van der Waals surface area contributed by atoms with Gasteiger partial charge in [-0.05, 0) is 87.5 Å². The number of benzene rings is 2. The van der Waals surface area contributed by atoms with E-state index in [1.165, 1.54) is 27.7 Å². The summed E-state index contributed by atoms with van der Waals surface area (Å²) in [6.45, 7) is 14.4.